The Morgan fingerprint density at radius 1 is 0.289 bits per heavy atom. The van der Waals surface area contributed by atoms with Gasteiger partial charge in [-0.25, -0.2) is 9.13 Å². The van der Waals surface area contributed by atoms with E-state index >= 15 is 0 Å². The van der Waals surface area contributed by atoms with Crippen LogP contribution >= 0.6 is 15.6 Å². The number of aliphatic hydroxyl groups is 1. The first kappa shape index (κ1) is 95.1. The third-order valence-electron chi connectivity index (χ3n) is 18.4. The summed E-state index contributed by atoms with van der Waals surface area (Å²) < 4.78 is 68.6. The van der Waals surface area contributed by atoms with Crippen molar-refractivity contribution in [3.8, 4) is 0 Å². The second kappa shape index (κ2) is 67.2. The Morgan fingerprint density at radius 3 is 0.732 bits per heavy atom. The standard InChI is InChI=1S/C78H152O17P2/c1-9-71(8)57-49-41-33-28-29-35-43-51-59-76(81)89-65-74(95-78(83)61-53-45-37-27-21-20-24-32-40-48-56-70(6)7)67-93-97(86,87)91-63-72(79)62-90-96(84,85)92-66-73(94-77(82)60-52-44-36-26-19-15-11-13-17-23-31-39-47-55-69(4)5)64-88-75(80)58-50-42-34-25-18-14-10-12-16-22-30-38-46-54-68(2)3/h68-74,79H,9-67H2,1-8H3,(H,84,85)(H,86,87)/t71?,72-,73-,74-/m1/s1. The lowest BCUT2D eigenvalue weighted by Gasteiger charge is -2.21. The van der Waals surface area contributed by atoms with E-state index in [0.29, 0.717) is 25.7 Å². The average Bonchev–Trinajstić information content (AvgIpc) is 1.44. The summed E-state index contributed by atoms with van der Waals surface area (Å²) in [5.41, 5.74) is 0. The summed E-state index contributed by atoms with van der Waals surface area (Å²) >= 11 is 0. The van der Waals surface area contributed by atoms with Gasteiger partial charge in [0.1, 0.15) is 19.3 Å². The second-order valence-corrected chi connectivity index (χ2v) is 32.7. The lowest BCUT2D eigenvalue weighted by molar-refractivity contribution is -0.161. The molecule has 0 saturated heterocycles. The molecule has 0 aliphatic heterocycles. The summed E-state index contributed by atoms with van der Waals surface area (Å²) in [4.78, 5) is 72.9. The molecule has 3 N–H and O–H groups in total. The number of rotatable bonds is 75. The zero-order valence-corrected chi connectivity index (χ0v) is 65.5. The van der Waals surface area contributed by atoms with Gasteiger partial charge in [-0.3, -0.25) is 37.3 Å². The van der Waals surface area contributed by atoms with E-state index in [1.807, 2.05) is 0 Å². The molecule has 0 aliphatic carbocycles. The molecule has 0 radical (unpaired) electrons. The molecule has 0 aromatic rings. The van der Waals surface area contributed by atoms with Gasteiger partial charge in [0.15, 0.2) is 12.2 Å². The Morgan fingerprint density at radius 2 is 0.495 bits per heavy atom. The molecule has 3 unspecified atom stereocenters. The van der Waals surface area contributed by atoms with Crippen molar-refractivity contribution in [2.45, 2.75) is 414 Å². The van der Waals surface area contributed by atoms with E-state index in [1.165, 1.54) is 199 Å². The third-order valence-corrected chi connectivity index (χ3v) is 20.3. The Labute approximate surface area is 594 Å². The first-order valence-electron chi connectivity index (χ1n) is 40.2. The van der Waals surface area contributed by atoms with Crippen molar-refractivity contribution in [3.05, 3.63) is 0 Å². The molecule has 576 valence electrons. The van der Waals surface area contributed by atoms with Crippen molar-refractivity contribution in [2.75, 3.05) is 39.6 Å². The van der Waals surface area contributed by atoms with Gasteiger partial charge in [-0.05, 0) is 49.4 Å². The molecular formula is C78H152O17P2. The lowest BCUT2D eigenvalue weighted by atomic mass is 9.99. The highest BCUT2D eigenvalue weighted by Crippen LogP contribution is 2.45. The fourth-order valence-electron chi connectivity index (χ4n) is 11.9. The number of phosphoric ester groups is 2. The fourth-order valence-corrected chi connectivity index (χ4v) is 13.5. The monoisotopic (exact) mass is 1420 g/mol. The molecule has 0 aromatic heterocycles. The van der Waals surface area contributed by atoms with E-state index in [4.69, 9.17) is 37.0 Å². The summed E-state index contributed by atoms with van der Waals surface area (Å²) in [6.45, 7) is 14.2. The molecule has 19 heteroatoms. The quantitative estimate of drug-likeness (QED) is 0.0222. The van der Waals surface area contributed by atoms with E-state index in [2.05, 4.69) is 55.4 Å². The normalized spacial score (nSPS) is 14.4. The van der Waals surface area contributed by atoms with Crippen molar-refractivity contribution < 1.29 is 80.2 Å². The fraction of sp³-hybridized carbons (Fsp3) is 0.949. The molecule has 17 nitrogen and oxygen atoms in total. The number of esters is 4. The number of hydrogen-bond acceptors (Lipinski definition) is 15. The van der Waals surface area contributed by atoms with Crippen LogP contribution in [0.5, 0.6) is 0 Å². The van der Waals surface area contributed by atoms with E-state index in [9.17, 15) is 43.2 Å². The molecule has 0 saturated carbocycles. The van der Waals surface area contributed by atoms with Gasteiger partial charge in [-0.2, -0.15) is 0 Å². The van der Waals surface area contributed by atoms with Crippen LogP contribution in [0.3, 0.4) is 0 Å². The Hall–Kier alpha value is -1.94. The maximum Gasteiger partial charge on any atom is 0.472 e. The number of unbranched alkanes of at least 4 members (excludes halogenated alkanes) is 40. The van der Waals surface area contributed by atoms with Crippen LogP contribution in [0.1, 0.15) is 396 Å². The van der Waals surface area contributed by atoms with Crippen LogP contribution in [0.2, 0.25) is 0 Å². The predicted octanol–water partition coefficient (Wildman–Crippen LogP) is 22.8. The topological polar surface area (TPSA) is 237 Å². The van der Waals surface area contributed by atoms with Gasteiger partial charge >= 0.3 is 39.5 Å². The highest BCUT2D eigenvalue weighted by Gasteiger charge is 2.30. The molecule has 97 heavy (non-hydrogen) atoms. The largest absolute Gasteiger partial charge is 0.472 e. The summed E-state index contributed by atoms with van der Waals surface area (Å²) in [5, 5.41) is 10.6. The summed E-state index contributed by atoms with van der Waals surface area (Å²) in [6, 6.07) is 0. The summed E-state index contributed by atoms with van der Waals surface area (Å²) in [6.07, 6.45) is 52.6. The van der Waals surface area contributed by atoms with Crippen molar-refractivity contribution in [1.82, 2.24) is 0 Å². The third kappa shape index (κ3) is 70.9. The van der Waals surface area contributed by atoms with Gasteiger partial charge in [0.05, 0.1) is 26.4 Å². The van der Waals surface area contributed by atoms with Crippen molar-refractivity contribution in [3.63, 3.8) is 0 Å². The average molecular weight is 1420 g/mol. The maximum atomic E-state index is 13.1. The van der Waals surface area contributed by atoms with Crippen molar-refractivity contribution in [2.24, 2.45) is 23.7 Å². The Bertz CT molecular complexity index is 1900. The van der Waals surface area contributed by atoms with Crippen LogP contribution in [0.25, 0.3) is 0 Å². The minimum absolute atomic E-state index is 0.105. The number of ether oxygens (including phenoxy) is 4. The minimum Gasteiger partial charge on any atom is -0.462 e. The molecule has 0 aliphatic rings. The molecule has 0 aromatic carbocycles. The Kier molecular flexibility index (Phi) is 65.9. The molecule has 0 heterocycles. The smallest absolute Gasteiger partial charge is 0.462 e. The van der Waals surface area contributed by atoms with Crippen LogP contribution in [0.15, 0.2) is 0 Å². The second-order valence-electron chi connectivity index (χ2n) is 29.8. The summed E-state index contributed by atoms with van der Waals surface area (Å²) in [5.74, 6) is 0.990. The number of carbonyl (C=O) groups excluding carboxylic acids is 4. The molecule has 0 amide bonds. The van der Waals surface area contributed by atoms with Gasteiger partial charge in [-0.1, -0.05) is 344 Å². The number of aliphatic hydroxyl groups excluding tert-OH is 1. The van der Waals surface area contributed by atoms with Crippen LogP contribution in [0.4, 0.5) is 0 Å². The zero-order valence-electron chi connectivity index (χ0n) is 63.7. The number of carbonyl (C=O) groups is 4. The molecular weight excluding hydrogens is 1270 g/mol. The van der Waals surface area contributed by atoms with Crippen LogP contribution in [-0.4, -0.2) is 96.7 Å². The highest BCUT2D eigenvalue weighted by molar-refractivity contribution is 7.47. The Balaban J connectivity index is 5.27. The van der Waals surface area contributed by atoms with Gasteiger partial charge in [0.2, 0.25) is 0 Å². The minimum atomic E-state index is -4.96. The van der Waals surface area contributed by atoms with E-state index in [0.717, 1.165) is 114 Å². The molecule has 0 spiro atoms. The molecule has 6 atom stereocenters. The first-order valence-corrected chi connectivity index (χ1v) is 43.2. The molecule has 0 fully saturated rings. The van der Waals surface area contributed by atoms with E-state index < -0.39 is 97.5 Å². The predicted molar refractivity (Wildman–Crippen MR) is 395 cm³/mol. The van der Waals surface area contributed by atoms with Gasteiger partial charge in [-0.15, -0.1) is 0 Å². The lowest BCUT2D eigenvalue weighted by Crippen LogP contribution is -2.30. The SMILES string of the molecule is CCC(C)CCCCCCCCCCC(=O)OC[C@H](COP(=O)(O)OC[C@H](O)COP(=O)(O)OC[C@@H](COC(=O)CCCCCCCCCCCCCCCC(C)C)OC(=O)CCCCCCCCCCCCCCCC(C)C)OC(=O)CCCCCCCCCCCCC(C)C. The van der Waals surface area contributed by atoms with Gasteiger partial charge < -0.3 is 33.8 Å². The number of phosphoric acid groups is 2. The zero-order chi connectivity index (χ0) is 71.7. The van der Waals surface area contributed by atoms with Crippen LogP contribution < -0.4 is 0 Å². The van der Waals surface area contributed by atoms with Crippen molar-refractivity contribution in [1.29, 1.82) is 0 Å². The van der Waals surface area contributed by atoms with Crippen molar-refractivity contribution >= 4 is 39.5 Å². The highest BCUT2D eigenvalue weighted by atomic mass is 31.2. The molecule has 0 rings (SSSR count). The van der Waals surface area contributed by atoms with E-state index in [-0.39, 0.29) is 25.7 Å². The first-order chi connectivity index (χ1) is 46.6. The van der Waals surface area contributed by atoms with Crippen LogP contribution in [-0.2, 0) is 65.4 Å². The van der Waals surface area contributed by atoms with Gasteiger partial charge in [0, 0.05) is 25.7 Å². The maximum absolute atomic E-state index is 13.1. The van der Waals surface area contributed by atoms with E-state index in [1.54, 1.807) is 0 Å². The van der Waals surface area contributed by atoms with Crippen LogP contribution in [0, 0.1) is 23.7 Å². The summed E-state index contributed by atoms with van der Waals surface area (Å²) in [7, 11) is -9.92. The number of hydrogen-bond donors (Lipinski definition) is 3. The molecule has 0 bridgehead atoms. The van der Waals surface area contributed by atoms with Gasteiger partial charge in [0.25, 0.3) is 0 Å².